The topological polar surface area (TPSA) is 77.1 Å². The Morgan fingerprint density at radius 3 is 2.70 bits per heavy atom. The molecule has 0 fully saturated rings. The van der Waals surface area contributed by atoms with Gasteiger partial charge in [0.25, 0.3) is 0 Å². The fourth-order valence-electron chi connectivity index (χ4n) is 2.96. The van der Waals surface area contributed by atoms with Crippen molar-refractivity contribution < 1.29 is 23.8 Å². The largest absolute Gasteiger partial charge is 0.465 e. The molecule has 0 aromatic heterocycles. The second kappa shape index (κ2) is 10.4. The van der Waals surface area contributed by atoms with E-state index in [1.165, 1.54) is 0 Å². The van der Waals surface area contributed by atoms with E-state index >= 15 is 0 Å². The van der Waals surface area contributed by atoms with E-state index in [4.69, 9.17) is 37.4 Å². The second-order valence-electron chi connectivity index (χ2n) is 6.56. The van der Waals surface area contributed by atoms with Crippen LogP contribution in [-0.4, -0.2) is 43.4 Å². The molecule has 160 valence electrons. The van der Waals surface area contributed by atoms with E-state index in [1.54, 1.807) is 24.0 Å². The van der Waals surface area contributed by atoms with Crippen LogP contribution < -0.4 is 14.8 Å². The maximum Gasteiger partial charge on any atom is 0.325 e. The Kier molecular flexibility index (Phi) is 7.65. The van der Waals surface area contributed by atoms with Gasteiger partial charge in [0.05, 0.1) is 6.61 Å². The molecule has 1 N–H and O–H groups in total. The van der Waals surface area contributed by atoms with Crippen LogP contribution in [0, 0.1) is 0 Å². The molecule has 0 spiro atoms. The highest BCUT2D eigenvalue weighted by Gasteiger charge is 2.19. The first-order valence-corrected chi connectivity index (χ1v) is 10.2. The summed E-state index contributed by atoms with van der Waals surface area (Å²) in [7, 11) is 0. The van der Waals surface area contributed by atoms with E-state index in [9.17, 15) is 9.59 Å². The number of urea groups is 1. The van der Waals surface area contributed by atoms with Gasteiger partial charge in [0.15, 0.2) is 11.5 Å². The average Bonchev–Trinajstić information content (AvgIpc) is 3.18. The Morgan fingerprint density at radius 2 is 1.93 bits per heavy atom. The number of hydrogen-bond acceptors (Lipinski definition) is 5. The number of nitrogens with one attached hydrogen (secondary N) is 1. The van der Waals surface area contributed by atoms with Crippen molar-refractivity contribution >= 4 is 35.2 Å². The monoisotopic (exact) mass is 452 g/mol. The van der Waals surface area contributed by atoms with Gasteiger partial charge >= 0.3 is 12.0 Å². The van der Waals surface area contributed by atoms with Crippen LogP contribution in [0.15, 0.2) is 36.4 Å². The minimum absolute atomic E-state index is 0.178. The van der Waals surface area contributed by atoms with Gasteiger partial charge in [-0.1, -0.05) is 35.3 Å². The van der Waals surface area contributed by atoms with Crippen molar-refractivity contribution in [2.24, 2.45) is 0 Å². The zero-order valence-corrected chi connectivity index (χ0v) is 18.0. The fraction of sp³-hybridized carbons (Fsp3) is 0.333. The molecule has 0 bridgehead atoms. The Morgan fingerprint density at radius 1 is 1.13 bits per heavy atom. The molecule has 0 saturated heterocycles. The molecule has 1 aliphatic heterocycles. The van der Waals surface area contributed by atoms with Crippen molar-refractivity contribution in [2.45, 2.75) is 19.9 Å². The summed E-state index contributed by atoms with van der Waals surface area (Å²) in [5.74, 6) is 0.819. The van der Waals surface area contributed by atoms with Crippen molar-refractivity contribution in [1.82, 2.24) is 10.2 Å². The number of esters is 1. The van der Waals surface area contributed by atoms with Crippen LogP contribution in [0.2, 0.25) is 10.0 Å². The molecule has 1 aliphatic rings. The van der Waals surface area contributed by atoms with Gasteiger partial charge in [0, 0.05) is 23.1 Å². The lowest BCUT2D eigenvalue weighted by Crippen LogP contribution is -2.43. The van der Waals surface area contributed by atoms with Gasteiger partial charge in [-0.2, -0.15) is 0 Å². The molecule has 0 radical (unpaired) electrons. The predicted octanol–water partition coefficient (Wildman–Crippen LogP) is 4.04. The van der Waals surface area contributed by atoms with Gasteiger partial charge in [0.2, 0.25) is 6.79 Å². The van der Waals surface area contributed by atoms with Crippen LogP contribution in [0.3, 0.4) is 0 Å². The summed E-state index contributed by atoms with van der Waals surface area (Å²) in [6.07, 6.45) is 0.521. The van der Waals surface area contributed by atoms with Gasteiger partial charge in [0.1, 0.15) is 6.54 Å². The van der Waals surface area contributed by atoms with Crippen molar-refractivity contribution in [3.63, 3.8) is 0 Å². The molecule has 9 heteroatoms. The molecule has 2 aromatic rings. The zero-order valence-electron chi connectivity index (χ0n) is 16.5. The molecular formula is C21H22Cl2N2O5. The Bertz CT molecular complexity index is 922. The minimum atomic E-state index is -0.491. The standard InChI is InChI=1S/C21H22Cl2N2O5/c1-2-28-20(26)11-24-21(27)25(8-7-15-4-5-16(22)10-17(15)23)12-14-3-6-18-19(9-14)30-13-29-18/h3-6,9-10H,2,7-8,11-13H2,1H3,(H,24,27). The number of amides is 2. The number of ether oxygens (including phenoxy) is 3. The maximum atomic E-state index is 12.7. The van der Waals surface area contributed by atoms with E-state index in [1.807, 2.05) is 24.3 Å². The zero-order chi connectivity index (χ0) is 21.5. The van der Waals surface area contributed by atoms with E-state index in [2.05, 4.69) is 5.32 Å². The Hall–Kier alpha value is -2.64. The lowest BCUT2D eigenvalue weighted by Gasteiger charge is -2.23. The summed E-state index contributed by atoms with van der Waals surface area (Å²) in [6, 6.07) is 10.4. The third-order valence-electron chi connectivity index (χ3n) is 4.45. The summed E-state index contributed by atoms with van der Waals surface area (Å²) in [5, 5.41) is 3.69. The Labute approximate surface area is 184 Å². The third-order valence-corrected chi connectivity index (χ3v) is 5.04. The molecule has 2 amide bonds. The number of hydrogen-bond donors (Lipinski definition) is 1. The van der Waals surface area contributed by atoms with Crippen molar-refractivity contribution in [1.29, 1.82) is 0 Å². The van der Waals surface area contributed by atoms with E-state index < -0.39 is 5.97 Å². The number of nitrogens with zero attached hydrogens (tertiary/aromatic N) is 1. The van der Waals surface area contributed by atoms with E-state index in [-0.39, 0.29) is 26.0 Å². The highest BCUT2D eigenvalue weighted by atomic mass is 35.5. The van der Waals surface area contributed by atoms with Crippen molar-refractivity contribution in [2.75, 3.05) is 26.5 Å². The second-order valence-corrected chi connectivity index (χ2v) is 7.40. The Balaban J connectivity index is 1.70. The third kappa shape index (κ3) is 5.93. The lowest BCUT2D eigenvalue weighted by atomic mass is 10.1. The molecule has 0 saturated carbocycles. The van der Waals surface area contributed by atoms with Gasteiger partial charge in [-0.15, -0.1) is 0 Å². The molecule has 0 atom stereocenters. The SMILES string of the molecule is CCOC(=O)CNC(=O)N(CCc1ccc(Cl)cc1Cl)Cc1ccc2c(c1)OCO2. The van der Waals surface area contributed by atoms with E-state index in [0.717, 1.165) is 11.1 Å². The molecular weight excluding hydrogens is 431 g/mol. The summed E-state index contributed by atoms with van der Waals surface area (Å²) >= 11 is 12.2. The number of carbonyl (C=O) groups is 2. The molecule has 2 aromatic carbocycles. The van der Waals surface area contributed by atoms with Crippen LogP contribution in [0.25, 0.3) is 0 Å². The maximum absolute atomic E-state index is 12.7. The number of benzene rings is 2. The molecule has 3 rings (SSSR count). The van der Waals surface area contributed by atoms with Crippen LogP contribution >= 0.6 is 23.2 Å². The molecule has 30 heavy (non-hydrogen) atoms. The first kappa shape index (κ1) is 22.1. The summed E-state index contributed by atoms with van der Waals surface area (Å²) < 4.78 is 15.6. The highest BCUT2D eigenvalue weighted by molar-refractivity contribution is 6.35. The molecule has 0 unspecified atom stereocenters. The normalized spacial score (nSPS) is 11.8. The highest BCUT2D eigenvalue weighted by Crippen LogP contribution is 2.33. The van der Waals surface area contributed by atoms with Crippen LogP contribution in [0.1, 0.15) is 18.1 Å². The molecule has 7 nitrogen and oxygen atoms in total. The number of fused-ring (bicyclic) bond motifs is 1. The van der Waals surface area contributed by atoms with Crippen LogP contribution in [0.4, 0.5) is 4.79 Å². The number of rotatable bonds is 8. The van der Waals surface area contributed by atoms with Crippen LogP contribution in [-0.2, 0) is 22.5 Å². The van der Waals surface area contributed by atoms with Gasteiger partial charge in [-0.05, 0) is 48.7 Å². The van der Waals surface area contributed by atoms with Crippen molar-refractivity contribution in [3.05, 3.63) is 57.6 Å². The van der Waals surface area contributed by atoms with Gasteiger partial charge in [-0.25, -0.2) is 4.79 Å². The average molecular weight is 453 g/mol. The smallest absolute Gasteiger partial charge is 0.325 e. The number of halogens is 2. The quantitative estimate of drug-likeness (QED) is 0.611. The molecule has 0 aliphatic carbocycles. The van der Waals surface area contributed by atoms with Gasteiger partial charge < -0.3 is 24.4 Å². The number of carbonyl (C=O) groups excluding carboxylic acids is 2. The summed E-state index contributed by atoms with van der Waals surface area (Å²) in [5.41, 5.74) is 1.74. The van der Waals surface area contributed by atoms with Crippen LogP contribution in [0.5, 0.6) is 11.5 Å². The molecule has 1 heterocycles. The predicted molar refractivity (Wildman–Crippen MR) is 113 cm³/mol. The lowest BCUT2D eigenvalue weighted by molar-refractivity contribution is -0.141. The summed E-state index contributed by atoms with van der Waals surface area (Å²) in [4.78, 5) is 25.9. The first-order chi connectivity index (χ1) is 14.5. The van der Waals surface area contributed by atoms with Crippen molar-refractivity contribution in [3.8, 4) is 11.5 Å². The van der Waals surface area contributed by atoms with E-state index in [0.29, 0.717) is 41.1 Å². The first-order valence-electron chi connectivity index (χ1n) is 9.47. The fourth-order valence-corrected chi connectivity index (χ4v) is 3.47. The summed E-state index contributed by atoms with van der Waals surface area (Å²) in [6.45, 7) is 2.64. The minimum Gasteiger partial charge on any atom is -0.465 e. The van der Waals surface area contributed by atoms with Gasteiger partial charge in [-0.3, -0.25) is 4.79 Å².